The van der Waals surface area contributed by atoms with E-state index >= 15 is 0 Å². The van der Waals surface area contributed by atoms with Gasteiger partial charge in [-0.3, -0.25) is 4.79 Å². The van der Waals surface area contributed by atoms with Gasteiger partial charge in [0.15, 0.2) is 10.4 Å². The van der Waals surface area contributed by atoms with Crippen LogP contribution in [0.4, 0.5) is 5.82 Å². The molecule has 7 heteroatoms. The lowest BCUT2D eigenvalue weighted by Crippen LogP contribution is -2.13. The topological polar surface area (TPSA) is 92.4 Å². The molecule has 0 spiro atoms. The molecule has 2 heterocycles. The molecule has 0 aliphatic heterocycles. The number of hydrogen-bond acceptors (Lipinski definition) is 4. The third-order valence-electron chi connectivity index (χ3n) is 2.07. The third kappa shape index (κ3) is 2.57. The molecule has 0 saturated carbocycles. The molecule has 18 heavy (non-hydrogen) atoms. The molecule has 6 nitrogen and oxygen atoms in total. The molecule has 0 unspecified atom stereocenters. The van der Waals surface area contributed by atoms with Gasteiger partial charge in [0.1, 0.15) is 5.82 Å². The van der Waals surface area contributed by atoms with E-state index in [1.807, 2.05) is 0 Å². The van der Waals surface area contributed by atoms with E-state index in [0.717, 1.165) is 0 Å². The van der Waals surface area contributed by atoms with Gasteiger partial charge >= 0.3 is 5.97 Å². The molecule has 92 valence electrons. The van der Waals surface area contributed by atoms with Crippen molar-refractivity contribution in [3.8, 4) is 0 Å². The van der Waals surface area contributed by atoms with Crippen LogP contribution in [0.15, 0.2) is 39.6 Å². The highest BCUT2D eigenvalue weighted by molar-refractivity contribution is 9.10. The maximum atomic E-state index is 11.8. The Bertz CT molecular complexity index is 609. The number of aromatic carboxylic acids is 1. The first kappa shape index (κ1) is 12.3. The Morgan fingerprint density at radius 2 is 2.11 bits per heavy atom. The van der Waals surface area contributed by atoms with Gasteiger partial charge in [0.2, 0.25) is 0 Å². The van der Waals surface area contributed by atoms with E-state index in [1.54, 1.807) is 0 Å². The first-order valence-electron chi connectivity index (χ1n) is 4.82. The van der Waals surface area contributed by atoms with Crippen molar-refractivity contribution in [3.05, 3.63) is 46.5 Å². The van der Waals surface area contributed by atoms with Crippen molar-refractivity contribution < 1.29 is 19.1 Å². The number of carbonyl (C=O) groups is 2. The zero-order valence-electron chi connectivity index (χ0n) is 8.88. The predicted molar refractivity (Wildman–Crippen MR) is 65.6 cm³/mol. The Balaban J connectivity index is 2.20. The van der Waals surface area contributed by atoms with Crippen LogP contribution in [0.2, 0.25) is 0 Å². The molecule has 0 fully saturated rings. The van der Waals surface area contributed by atoms with E-state index < -0.39 is 11.9 Å². The minimum atomic E-state index is -1.16. The molecule has 2 aromatic rings. The largest absolute Gasteiger partial charge is 0.477 e. The van der Waals surface area contributed by atoms with Gasteiger partial charge < -0.3 is 14.8 Å². The van der Waals surface area contributed by atoms with Crippen LogP contribution < -0.4 is 5.32 Å². The molecule has 0 radical (unpaired) electrons. The van der Waals surface area contributed by atoms with Gasteiger partial charge in [0.25, 0.3) is 5.91 Å². The summed E-state index contributed by atoms with van der Waals surface area (Å²) in [6.45, 7) is 0. The molecule has 0 aliphatic rings. The number of carboxylic acid groups (broad SMARTS) is 1. The van der Waals surface area contributed by atoms with Crippen LogP contribution in [0.1, 0.15) is 20.8 Å². The third-order valence-corrected chi connectivity index (χ3v) is 2.69. The minimum Gasteiger partial charge on any atom is -0.477 e. The van der Waals surface area contributed by atoms with Crippen LogP contribution in [0, 0.1) is 0 Å². The second-order valence-electron chi connectivity index (χ2n) is 3.28. The minimum absolute atomic E-state index is 0.140. The van der Waals surface area contributed by atoms with Crippen molar-refractivity contribution in [2.45, 2.75) is 0 Å². The normalized spacial score (nSPS) is 10.1. The number of halogens is 1. The zero-order valence-corrected chi connectivity index (χ0v) is 10.5. The molecule has 0 aromatic carbocycles. The number of carbonyl (C=O) groups excluding carboxylic acids is 1. The quantitative estimate of drug-likeness (QED) is 0.908. The summed E-state index contributed by atoms with van der Waals surface area (Å²) in [6, 6.07) is 5.82. The summed E-state index contributed by atoms with van der Waals surface area (Å²) >= 11 is 3.08. The highest BCUT2D eigenvalue weighted by Gasteiger charge is 2.14. The number of furan rings is 1. The monoisotopic (exact) mass is 310 g/mol. The summed E-state index contributed by atoms with van der Waals surface area (Å²) in [5, 5.41) is 11.3. The maximum Gasteiger partial charge on any atom is 0.354 e. The number of hydrogen-bond donors (Lipinski definition) is 2. The van der Waals surface area contributed by atoms with Crippen LogP contribution in [0.3, 0.4) is 0 Å². The SMILES string of the molecule is O=C(O)c1cccc(NC(=O)c2ccoc2Br)n1. The van der Waals surface area contributed by atoms with E-state index in [2.05, 4.69) is 26.2 Å². The second kappa shape index (κ2) is 5.01. The highest BCUT2D eigenvalue weighted by atomic mass is 79.9. The van der Waals surface area contributed by atoms with E-state index in [-0.39, 0.29) is 11.5 Å². The van der Waals surface area contributed by atoms with E-state index in [4.69, 9.17) is 9.52 Å². The van der Waals surface area contributed by atoms with Crippen LogP contribution in [-0.4, -0.2) is 22.0 Å². The standard InChI is InChI=1S/C11H7BrN2O4/c12-9-6(4-5-18-9)10(15)14-8-3-1-2-7(13-8)11(16)17/h1-5H,(H,16,17)(H,13,14,15). The Morgan fingerprint density at radius 1 is 1.33 bits per heavy atom. The van der Waals surface area contributed by atoms with Crippen LogP contribution in [0.25, 0.3) is 0 Å². The van der Waals surface area contributed by atoms with E-state index in [9.17, 15) is 9.59 Å². The van der Waals surface area contributed by atoms with Crippen LogP contribution in [-0.2, 0) is 0 Å². The second-order valence-corrected chi connectivity index (χ2v) is 4.00. The van der Waals surface area contributed by atoms with Gasteiger partial charge in [-0.1, -0.05) is 6.07 Å². The average molecular weight is 311 g/mol. The Kier molecular flexibility index (Phi) is 3.42. The van der Waals surface area contributed by atoms with Gasteiger partial charge in [0.05, 0.1) is 11.8 Å². The summed E-state index contributed by atoms with van der Waals surface area (Å²) in [5.41, 5.74) is 0.164. The molecule has 0 saturated heterocycles. The summed E-state index contributed by atoms with van der Waals surface area (Å²) < 4.78 is 5.23. The van der Waals surface area contributed by atoms with Crippen molar-refractivity contribution >= 4 is 33.6 Å². The number of anilines is 1. The van der Waals surface area contributed by atoms with Crippen LogP contribution in [0.5, 0.6) is 0 Å². The molecule has 2 aromatic heterocycles. The summed E-state index contributed by atoms with van der Waals surface area (Å²) in [4.78, 5) is 26.3. The number of pyridine rings is 1. The van der Waals surface area contributed by atoms with E-state index in [0.29, 0.717) is 10.2 Å². The fourth-order valence-corrected chi connectivity index (χ4v) is 1.68. The number of aromatic nitrogens is 1. The van der Waals surface area contributed by atoms with Crippen molar-refractivity contribution in [1.29, 1.82) is 0 Å². The molecule has 0 atom stereocenters. The molecule has 0 bridgehead atoms. The molecular formula is C11H7BrN2O4. The molecule has 0 aliphatic carbocycles. The summed E-state index contributed by atoms with van der Waals surface area (Å²) in [6.07, 6.45) is 1.36. The summed E-state index contributed by atoms with van der Waals surface area (Å²) in [7, 11) is 0. The Hall–Kier alpha value is -2.15. The van der Waals surface area contributed by atoms with Gasteiger partial charge in [-0.25, -0.2) is 9.78 Å². The van der Waals surface area contributed by atoms with Gasteiger partial charge in [-0.05, 0) is 34.1 Å². The van der Waals surface area contributed by atoms with Gasteiger partial charge in [-0.15, -0.1) is 0 Å². The number of amides is 1. The van der Waals surface area contributed by atoms with Crippen molar-refractivity contribution in [2.75, 3.05) is 5.32 Å². The number of rotatable bonds is 3. The van der Waals surface area contributed by atoms with Gasteiger partial charge in [-0.2, -0.15) is 0 Å². The number of nitrogens with zero attached hydrogens (tertiary/aromatic N) is 1. The number of carboxylic acids is 1. The lowest BCUT2D eigenvalue weighted by molar-refractivity contribution is 0.0690. The lowest BCUT2D eigenvalue weighted by atomic mass is 10.3. The highest BCUT2D eigenvalue weighted by Crippen LogP contribution is 2.18. The van der Waals surface area contributed by atoms with Crippen molar-refractivity contribution in [1.82, 2.24) is 4.98 Å². The van der Waals surface area contributed by atoms with Crippen LogP contribution >= 0.6 is 15.9 Å². The van der Waals surface area contributed by atoms with E-state index in [1.165, 1.54) is 30.5 Å². The molecular weight excluding hydrogens is 304 g/mol. The van der Waals surface area contributed by atoms with Crippen molar-refractivity contribution in [3.63, 3.8) is 0 Å². The smallest absolute Gasteiger partial charge is 0.354 e. The fourth-order valence-electron chi connectivity index (χ4n) is 1.26. The number of nitrogens with one attached hydrogen (secondary N) is 1. The fraction of sp³-hybridized carbons (Fsp3) is 0. The maximum absolute atomic E-state index is 11.8. The zero-order chi connectivity index (χ0) is 13.1. The summed E-state index contributed by atoms with van der Waals surface area (Å²) in [5.74, 6) is -1.44. The van der Waals surface area contributed by atoms with Gasteiger partial charge in [0, 0.05) is 0 Å². The van der Waals surface area contributed by atoms with Crippen molar-refractivity contribution in [2.24, 2.45) is 0 Å². The molecule has 2 N–H and O–H groups in total. The Morgan fingerprint density at radius 3 is 2.72 bits per heavy atom. The average Bonchev–Trinajstić information content (AvgIpc) is 2.76. The Labute approximate surface area is 110 Å². The first-order chi connectivity index (χ1) is 8.58. The first-order valence-corrected chi connectivity index (χ1v) is 5.62. The predicted octanol–water partition coefficient (Wildman–Crippen LogP) is 2.39. The molecule has 2 rings (SSSR count). The lowest BCUT2D eigenvalue weighted by Gasteiger charge is -2.03. The molecule has 1 amide bonds.